The third-order valence-corrected chi connectivity index (χ3v) is 2.01. The van der Waals surface area contributed by atoms with Crippen LogP contribution in [0.15, 0.2) is 54.7 Å². The van der Waals surface area contributed by atoms with Gasteiger partial charge >= 0.3 is 5.97 Å². The Hall–Kier alpha value is -2.36. The normalized spacial score (nSPS) is 9.75. The fourth-order valence-corrected chi connectivity index (χ4v) is 1.22. The van der Waals surface area contributed by atoms with Crippen LogP contribution in [-0.4, -0.2) is 10.7 Å². The number of carbonyl (C=O) groups excluding carboxylic acids is 1. The Morgan fingerprint density at radius 1 is 1.06 bits per heavy atom. The van der Waals surface area contributed by atoms with Crippen molar-refractivity contribution in [3.63, 3.8) is 0 Å². The van der Waals surface area contributed by atoms with Crippen molar-refractivity contribution in [3.8, 4) is 0 Å². The molecule has 1 heterocycles. The summed E-state index contributed by atoms with van der Waals surface area (Å²) in [5.74, 6) is -0.481. The van der Waals surface area contributed by atoms with Crippen molar-refractivity contribution in [2.24, 2.45) is 0 Å². The molecule has 0 aliphatic heterocycles. The number of hydrogen-bond donors (Lipinski definition) is 1. The molecule has 1 aromatic heterocycles. The zero-order chi connectivity index (χ0) is 11.4. The molecule has 0 amide bonds. The van der Waals surface area contributed by atoms with Gasteiger partial charge in [0.25, 0.3) is 0 Å². The van der Waals surface area contributed by atoms with Gasteiger partial charge in [-0.05, 0) is 24.3 Å². The third-order valence-electron chi connectivity index (χ3n) is 2.01. The van der Waals surface area contributed by atoms with Gasteiger partial charge in [0, 0.05) is 6.20 Å². The first-order valence-corrected chi connectivity index (χ1v) is 4.77. The maximum atomic E-state index is 11.6. The summed E-state index contributed by atoms with van der Waals surface area (Å²) in [5.41, 5.74) is 0.574. The highest BCUT2D eigenvalue weighted by molar-refractivity contribution is 5.89. The zero-order valence-corrected chi connectivity index (χ0v) is 8.46. The molecule has 0 bridgehead atoms. The molecular weight excluding hydrogens is 204 g/mol. The minimum absolute atomic E-state index is 0.117. The number of pyridine rings is 1. The van der Waals surface area contributed by atoms with Crippen molar-refractivity contribution < 1.29 is 9.63 Å². The molecule has 2 aromatic rings. The minimum atomic E-state index is -0.481. The molecule has 16 heavy (non-hydrogen) atoms. The van der Waals surface area contributed by atoms with E-state index in [-0.39, 0.29) is 5.49 Å². The van der Waals surface area contributed by atoms with Crippen LogP contribution in [0.5, 0.6) is 0 Å². The Balaban J connectivity index is 2.21. The van der Waals surface area contributed by atoms with E-state index >= 15 is 0 Å². The summed E-state index contributed by atoms with van der Waals surface area (Å²) < 4.78 is 1.12. The molecular formula is C12H10N2O2. The lowest BCUT2D eigenvalue weighted by molar-refractivity contribution is 0.0436. The van der Waals surface area contributed by atoms with Gasteiger partial charge in [0.15, 0.2) is 5.49 Å². The average molecular weight is 214 g/mol. The molecule has 4 heteroatoms. The molecule has 0 atom stereocenters. The lowest BCUT2D eigenvalue weighted by atomic mass is 10.2. The molecule has 1 N–H and O–H groups in total. The highest BCUT2D eigenvalue weighted by atomic mass is 16.7. The van der Waals surface area contributed by atoms with Crippen LogP contribution in [0.2, 0.25) is 0 Å². The standard InChI is InChI=1S/C12H10N2O2/c13-11-8-4-5-9-14(11)16-12(15)10-6-2-1-3-7-10/h1-9,13H. The van der Waals surface area contributed by atoms with Crippen molar-refractivity contribution >= 4 is 5.97 Å². The summed E-state index contributed by atoms with van der Waals surface area (Å²) in [6.07, 6.45) is 1.52. The Morgan fingerprint density at radius 2 is 1.75 bits per heavy atom. The van der Waals surface area contributed by atoms with Gasteiger partial charge in [-0.2, -0.15) is 4.73 Å². The maximum Gasteiger partial charge on any atom is 0.363 e. The van der Waals surface area contributed by atoms with Crippen molar-refractivity contribution in [1.29, 1.82) is 5.41 Å². The van der Waals surface area contributed by atoms with E-state index in [0.29, 0.717) is 5.56 Å². The van der Waals surface area contributed by atoms with E-state index in [2.05, 4.69) is 0 Å². The molecule has 0 aliphatic rings. The second-order valence-electron chi connectivity index (χ2n) is 3.16. The van der Waals surface area contributed by atoms with Crippen LogP contribution in [0, 0.1) is 5.41 Å². The number of hydrogen-bond acceptors (Lipinski definition) is 3. The van der Waals surface area contributed by atoms with Crippen LogP contribution >= 0.6 is 0 Å². The first kappa shape index (κ1) is 10.2. The molecule has 0 fully saturated rings. The highest BCUT2D eigenvalue weighted by Crippen LogP contribution is 1.98. The molecule has 0 aliphatic carbocycles. The van der Waals surface area contributed by atoms with Gasteiger partial charge in [-0.1, -0.05) is 24.3 Å². The van der Waals surface area contributed by atoms with Gasteiger partial charge in [-0.25, -0.2) is 4.79 Å². The van der Waals surface area contributed by atoms with E-state index in [4.69, 9.17) is 10.2 Å². The third kappa shape index (κ3) is 2.17. The van der Waals surface area contributed by atoms with Crippen molar-refractivity contribution in [3.05, 3.63) is 65.8 Å². The van der Waals surface area contributed by atoms with Gasteiger partial charge in [-0.3, -0.25) is 5.41 Å². The van der Waals surface area contributed by atoms with Gasteiger partial charge in [0.1, 0.15) is 0 Å². The Kier molecular flexibility index (Phi) is 2.82. The molecule has 2 rings (SSSR count). The second-order valence-corrected chi connectivity index (χ2v) is 3.16. The minimum Gasteiger partial charge on any atom is -0.330 e. The first-order chi connectivity index (χ1) is 7.77. The molecule has 0 saturated heterocycles. The molecule has 0 unspecified atom stereocenters. The van der Waals surface area contributed by atoms with Crippen LogP contribution in [-0.2, 0) is 0 Å². The van der Waals surface area contributed by atoms with E-state index in [9.17, 15) is 4.79 Å². The number of benzene rings is 1. The van der Waals surface area contributed by atoms with Crippen LogP contribution in [0.1, 0.15) is 10.4 Å². The monoisotopic (exact) mass is 214 g/mol. The quantitative estimate of drug-likeness (QED) is 0.817. The SMILES string of the molecule is N=c1ccccn1OC(=O)c1ccccc1. The average Bonchev–Trinajstić information content (AvgIpc) is 2.33. The van der Waals surface area contributed by atoms with Crippen LogP contribution < -0.4 is 10.3 Å². The van der Waals surface area contributed by atoms with Crippen molar-refractivity contribution in [2.45, 2.75) is 0 Å². The highest BCUT2D eigenvalue weighted by Gasteiger charge is 2.06. The Labute approximate surface area is 92.2 Å². The van der Waals surface area contributed by atoms with E-state index in [1.807, 2.05) is 6.07 Å². The molecule has 0 spiro atoms. The number of aromatic nitrogens is 1. The largest absolute Gasteiger partial charge is 0.363 e. The van der Waals surface area contributed by atoms with Gasteiger partial charge in [0.05, 0.1) is 5.56 Å². The summed E-state index contributed by atoms with van der Waals surface area (Å²) in [7, 11) is 0. The fraction of sp³-hybridized carbons (Fsp3) is 0. The number of nitrogens with one attached hydrogen (secondary N) is 1. The maximum absolute atomic E-state index is 11.6. The number of carbonyl (C=O) groups is 1. The van der Waals surface area contributed by atoms with E-state index in [0.717, 1.165) is 4.73 Å². The number of rotatable bonds is 2. The summed E-state index contributed by atoms with van der Waals surface area (Å²) in [6.45, 7) is 0. The van der Waals surface area contributed by atoms with Gasteiger partial charge < -0.3 is 4.84 Å². The predicted octanol–water partition coefficient (Wildman–Crippen LogP) is 1.24. The summed E-state index contributed by atoms with van der Waals surface area (Å²) >= 11 is 0. The van der Waals surface area contributed by atoms with E-state index < -0.39 is 5.97 Å². The summed E-state index contributed by atoms with van der Waals surface area (Å²) in [5, 5.41) is 7.51. The van der Waals surface area contributed by atoms with Crippen molar-refractivity contribution in [1.82, 2.24) is 4.73 Å². The Morgan fingerprint density at radius 3 is 2.44 bits per heavy atom. The van der Waals surface area contributed by atoms with Gasteiger partial charge in [-0.15, -0.1) is 0 Å². The second kappa shape index (κ2) is 4.44. The van der Waals surface area contributed by atoms with Crippen LogP contribution in [0.25, 0.3) is 0 Å². The van der Waals surface area contributed by atoms with E-state index in [1.54, 1.807) is 36.4 Å². The Bertz CT molecular complexity index is 546. The zero-order valence-electron chi connectivity index (χ0n) is 8.46. The lowest BCUT2D eigenvalue weighted by Gasteiger charge is -2.06. The van der Waals surface area contributed by atoms with Crippen LogP contribution in [0.4, 0.5) is 0 Å². The molecule has 0 radical (unpaired) electrons. The smallest absolute Gasteiger partial charge is 0.330 e. The first-order valence-electron chi connectivity index (χ1n) is 4.77. The topological polar surface area (TPSA) is 55.1 Å². The summed E-state index contributed by atoms with van der Waals surface area (Å²) in [6, 6.07) is 13.6. The van der Waals surface area contributed by atoms with Gasteiger partial charge in [0.2, 0.25) is 0 Å². The molecule has 80 valence electrons. The van der Waals surface area contributed by atoms with E-state index in [1.165, 1.54) is 12.3 Å². The molecule has 1 aromatic carbocycles. The fourth-order valence-electron chi connectivity index (χ4n) is 1.22. The summed E-state index contributed by atoms with van der Waals surface area (Å²) in [4.78, 5) is 16.7. The van der Waals surface area contributed by atoms with Crippen molar-refractivity contribution in [2.75, 3.05) is 0 Å². The van der Waals surface area contributed by atoms with Crippen LogP contribution in [0.3, 0.4) is 0 Å². The molecule has 4 nitrogen and oxygen atoms in total. The number of nitrogens with zero attached hydrogens (tertiary/aromatic N) is 1. The molecule has 0 saturated carbocycles. The lowest BCUT2D eigenvalue weighted by Crippen LogP contribution is -2.29. The predicted molar refractivity (Wildman–Crippen MR) is 57.6 cm³/mol.